The van der Waals surface area contributed by atoms with Gasteiger partial charge in [-0.25, -0.2) is 0 Å². The van der Waals surface area contributed by atoms with E-state index in [0.717, 1.165) is 12.0 Å². The van der Waals surface area contributed by atoms with Gasteiger partial charge in [-0.05, 0) is 24.1 Å². The van der Waals surface area contributed by atoms with Crippen LogP contribution in [0.4, 0.5) is 5.69 Å². The fourth-order valence-corrected chi connectivity index (χ4v) is 1.53. The molecule has 1 atom stereocenters. The molecule has 1 aliphatic rings. The third-order valence-corrected chi connectivity index (χ3v) is 2.33. The number of non-ortho nitro benzene ring substituents is 1. The van der Waals surface area contributed by atoms with Gasteiger partial charge in [0.05, 0.1) is 11.5 Å². The van der Waals surface area contributed by atoms with E-state index in [1.807, 2.05) is 6.08 Å². The average Bonchev–Trinajstić information content (AvgIpc) is 2.30. The first kappa shape index (κ1) is 9.86. The standard InChI is InChI=1S/C11H11NO3/c13-12(14)10-6-4-9(5-7-10)11-3-1-2-8-15-11/h1,3-7,11H,2,8H2/t11-/m0/s1. The molecule has 0 unspecified atom stereocenters. The number of nitrogens with zero attached hydrogens (tertiary/aromatic N) is 1. The Balaban J connectivity index is 2.19. The van der Waals surface area contributed by atoms with Gasteiger partial charge < -0.3 is 4.74 Å². The van der Waals surface area contributed by atoms with Gasteiger partial charge >= 0.3 is 0 Å². The normalized spacial score (nSPS) is 20.1. The first-order chi connectivity index (χ1) is 7.27. The highest BCUT2D eigenvalue weighted by Crippen LogP contribution is 2.24. The lowest BCUT2D eigenvalue weighted by Crippen LogP contribution is -2.06. The first-order valence-electron chi connectivity index (χ1n) is 4.80. The second-order valence-corrected chi connectivity index (χ2v) is 3.36. The molecule has 1 heterocycles. The molecule has 0 aromatic heterocycles. The summed E-state index contributed by atoms with van der Waals surface area (Å²) >= 11 is 0. The van der Waals surface area contributed by atoms with Crippen LogP contribution >= 0.6 is 0 Å². The summed E-state index contributed by atoms with van der Waals surface area (Å²) in [5.74, 6) is 0. The molecule has 0 spiro atoms. The Labute approximate surface area is 87.3 Å². The summed E-state index contributed by atoms with van der Waals surface area (Å²) in [6, 6.07) is 6.47. The van der Waals surface area contributed by atoms with Crippen LogP contribution in [0.1, 0.15) is 18.1 Å². The quantitative estimate of drug-likeness (QED) is 0.423. The van der Waals surface area contributed by atoms with E-state index in [1.165, 1.54) is 12.1 Å². The molecule has 4 nitrogen and oxygen atoms in total. The zero-order chi connectivity index (χ0) is 10.7. The van der Waals surface area contributed by atoms with Crippen molar-refractivity contribution in [3.05, 3.63) is 52.1 Å². The van der Waals surface area contributed by atoms with E-state index in [4.69, 9.17) is 4.74 Å². The molecular formula is C11H11NO3. The summed E-state index contributed by atoms with van der Waals surface area (Å²) < 4.78 is 5.51. The molecular weight excluding hydrogens is 194 g/mol. The number of benzene rings is 1. The minimum absolute atomic E-state index is 0.0560. The molecule has 0 N–H and O–H groups in total. The number of rotatable bonds is 2. The Hall–Kier alpha value is -1.68. The molecule has 0 fully saturated rings. The van der Waals surface area contributed by atoms with Gasteiger partial charge in [0.25, 0.3) is 5.69 Å². The lowest BCUT2D eigenvalue weighted by Gasteiger charge is -2.17. The molecule has 0 saturated heterocycles. The molecule has 1 aliphatic heterocycles. The molecule has 1 aromatic rings. The fourth-order valence-electron chi connectivity index (χ4n) is 1.53. The van der Waals surface area contributed by atoms with Crippen LogP contribution in [0.5, 0.6) is 0 Å². The van der Waals surface area contributed by atoms with E-state index in [0.29, 0.717) is 6.61 Å². The zero-order valence-electron chi connectivity index (χ0n) is 8.13. The van der Waals surface area contributed by atoms with Crippen molar-refractivity contribution in [1.82, 2.24) is 0 Å². The van der Waals surface area contributed by atoms with Gasteiger partial charge in [0.15, 0.2) is 0 Å². The maximum Gasteiger partial charge on any atom is 0.269 e. The van der Waals surface area contributed by atoms with E-state index in [1.54, 1.807) is 12.1 Å². The zero-order valence-corrected chi connectivity index (χ0v) is 8.13. The van der Waals surface area contributed by atoms with Gasteiger partial charge in [-0.2, -0.15) is 0 Å². The number of ether oxygens (including phenoxy) is 1. The summed E-state index contributed by atoms with van der Waals surface area (Å²) in [6.45, 7) is 0.707. The Morgan fingerprint density at radius 2 is 2.07 bits per heavy atom. The van der Waals surface area contributed by atoms with Gasteiger partial charge in [0.1, 0.15) is 6.10 Å². The van der Waals surface area contributed by atoms with Gasteiger partial charge in [0.2, 0.25) is 0 Å². The topological polar surface area (TPSA) is 52.4 Å². The molecule has 0 bridgehead atoms. The van der Waals surface area contributed by atoms with Gasteiger partial charge in [-0.3, -0.25) is 10.1 Å². The smallest absolute Gasteiger partial charge is 0.269 e. The Kier molecular flexibility index (Phi) is 2.78. The molecule has 15 heavy (non-hydrogen) atoms. The van der Waals surface area contributed by atoms with Crippen molar-refractivity contribution >= 4 is 5.69 Å². The lowest BCUT2D eigenvalue weighted by atomic mass is 10.1. The van der Waals surface area contributed by atoms with E-state index in [2.05, 4.69) is 6.08 Å². The summed E-state index contributed by atoms with van der Waals surface area (Å²) in [6.07, 6.45) is 4.92. The van der Waals surface area contributed by atoms with Crippen LogP contribution in [0, 0.1) is 10.1 Å². The minimum Gasteiger partial charge on any atom is -0.369 e. The average molecular weight is 205 g/mol. The van der Waals surface area contributed by atoms with Crippen LogP contribution in [-0.4, -0.2) is 11.5 Å². The van der Waals surface area contributed by atoms with Crippen molar-refractivity contribution in [1.29, 1.82) is 0 Å². The maximum absolute atomic E-state index is 10.4. The molecule has 0 aliphatic carbocycles. The SMILES string of the molecule is O=[N+]([O-])c1ccc([C@@H]2C=CCCO2)cc1. The molecule has 4 heteroatoms. The number of nitro groups is 1. The lowest BCUT2D eigenvalue weighted by molar-refractivity contribution is -0.384. The van der Waals surface area contributed by atoms with Crippen molar-refractivity contribution < 1.29 is 9.66 Å². The van der Waals surface area contributed by atoms with Crippen molar-refractivity contribution in [2.24, 2.45) is 0 Å². The maximum atomic E-state index is 10.4. The van der Waals surface area contributed by atoms with Crippen LogP contribution in [0.2, 0.25) is 0 Å². The van der Waals surface area contributed by atoms with Gasteiger partial charge in [-0.1, -0.05) is 12.2 Å². The second kappa shape index (κ2) is 4.23. The van der Waals surface area contributed by atoms with E-state index in [-0.39, 0.29) is 11.8 Å². The van der Waals surface area contributed by atoms with Crippen molar-refractivity contribution in [2.45, 2.75) is 12.5 Å². The Morgan fingerprint density at radius 1 is 1.33 bits per heavy atom. The Morgan fingerprint density at radius 3 is 2.60 bits per heavy atom. The van der Waals surface area contributed by atoms with Crippen LogP contribution < -0.4 is 0 Å². The first-order valence-corrected chi connectivity index (χ1v) is 4.80. The van der Waals surface area contributed by atoms with Crippen LogP contribution in [0.3, 0.4) is 0 Å². The van der Waals surface area contributed by atoms with Crippen molar-refractivity contribution in [3.8, 4) is 0 Å². The third kappa shape index (κ3) is 2.22. The molecule has 0 radical (unpaired) electrons. The van der Waals surface area contributed by atoms with E-state index >= 15 is 0 Å². The molecule has 2 rings (SSSR count). The van der Waals surface area contributed by atoms with Gasteiger partial charge in [-0.15, -0.1) is 0 Å². The number of nitro benzene ring substituents is 1. The highest BCUT2D eigenvalue weighted by atomic mass is 16.6. The highest BCUT2D eigenvalue weighted by molar-refractivity contribution is 5.35. The monoisotopic (exact) mass is 205 g/mol. The minimum atomic E-state index is -0.401. The summed E-state index contributed by atoms with van der Waals surface area (Å²) in [7, 11) is 0. The predicted octanol–water partition coefficient (Wildman–Crippen LogP) is 2.61. The number of hydrogen-bond donors (Lipinski definition) is 0. The second-order valence-electron chi connectivity index (χ2n) is 3.36. The molecule has 1 aromatic carbocycles. The van der Waals surface area contributed by atoms with Gasteiger partial charge in [0, 0.05) is 12.1 Å². The highest BCUT2D eigenvalue weighted by Gasteiger charge is 2.12. The number of hydrogen-bond acceptors (Lipinski definition) is 3. The summed E-state index contributed by atoms with van der Waals surface area (Å²) in [5, 5.41) is 10.4. The largest absolute Gasteiger partial charge is 0.369 e. The molecule has 0 amide bonds. The molecule has 0 saturated carbocycles. The Bertz CT molecular complexity index is 383. The summed E-state index contributed by atoms with van der Waals surface area (Å²) in [5.41, 5.74) is 1.06. The fraction of sp³-hybridized carbons (Fsp3) is 0.273. The van der Waals surface area contributed by atoms with Crippen LogP contribution in [0.25, 0.3) is 0 Å². The predicted molar refractivity (Wildman–Crippen MR) is 55.5 cm³/mol. The van der Waals surface area contributed by atoms with Crippen LogP contribution in [-0.2, 0) is 4.74 Å². The molecule has 78 valence electrons. The van der Waals surface area contributed by atoms with Crippen molar-refractivity contribution in [3.63, 3.8) is 0 Å². The summed E-state index contributed by atoms with van der Waals surface area (Å²) in [4.78, 5) is 10.0. The van der Waals surface area contributed by atoms with Crippen LogP contribution in [0.15, 0.2) is 36.4 Å². The third-order valence-electron chi connectivity index (χ3n) is 2.33. The van der Waals surface area contributed by atoms with E-state index < -0.39 is 4.92 Å². The van der Waals surface area contributed by atoms with Crippen molar-refractivity contribution in [2.75, 3.05) is 6.61 Å². The van der Waals surface area contributed by atoms with E-state index in [9.17, 15) is 10.1 Å².